The van der Waals surface area contributed by atoms with Crippen molar-refractivity contribution < 1.29 is 19.1 Å². The molecule has 0 saturated carbocycles. The molecule has 1 heterocycles. The Morgan fingerprint density at radius 3 is 2.66 bits per heavy atom. The summed E-state index contributed by atoms with van der Waals surface area (Å²) >= 11 is 0. The van der Waals surface area contributed by atoms with Gasteiger partial charge >= 0.3 is 5.97 Å². The van der Waals surface area contributed by atoms with Crippen molar-refractivity contribution in [3.05, 3.63) is 84.2 Å². The molecule has 3 aromatic rings. The van der Waals surface area contributed by atoms with E-state index in [0.717, 1.165) is 11.1 Å². The first-order valence-corrected chi connectivity index (χ1v) is 8.98. The van der Waals surface area contributed by atoms with E-state index in [1.165, 1.54) is 13.2 Å². The van der Waals surface area contributed by atoms with Gasteiger partial charge in [-0.2, -0.15) is 5.10 Å². The molecule has 0 unspecified atom stereocenters. The maximum Gasteiger partial charge on any atom is 0.331 e. The molecule has 29 heavy (non-hydrogen) atoms. The van der Waals surface area contributed by atoms with Gasteiger partial charge in [0.15, 0.2) is 6.61 Å². The molecule has 7 heteroatoms. The van der Waals surface area contributed by atoms with Crippen molar-refractivity contribution in [3.63, 3.8) is 0 Å². The van der Waals surface area contributed by atoms with Gasteiger partial charge in [-0.3, -0.25) is 9.48 Å². The molecule has 3 rings (SSSR count). The first-order chi connectivity index (χ1) is 14.1. The minimum atomic E-state index is -0.615. The highest BCUT2D eigenvalue weighted by molar-refractivity contribution is 5.95. The van der Waals surface area contributed by atoms with Gasteiger partial charge < -0.3 is 14.8 Å². The fraction of sp³-hybridized carbons (Fsp3) is 0.136. The molecule has 2 aromatic carbocycles. The monoisotopic (exact) mass is 391 g/mol. The summed E-state index contributed by atoms with van der Waals surface area (Å²) < 4.78 is 11.9. The van der Waals surface area contributed by atoms with Crippen LogP contribution in [0.3, 0.4) is 0 Å². The number of carbonyl (C=O) groups excluding carboxylic acids is 2. The summed E-state index contributed by atoms with van der Waals surface area (Å²) in [5, 5.41) is 6.90. The third kappa shape index (κ3) is 6.07. The molecule has 0 aliphatic carbocycles. The zero-order valence-electron chi connectivity index (χ0n) is 15.9. The van der Waals surface area contributed by atoms with Gasteiger partial charge in [-0.15, -0.1) is 0 Å². The van der Waals surface area contributed by atoms with Crippen LogP contribution in [-0.2, 0) is 20.9 Å². The van der Waals surface area contributed by atoms with E-state index in [9.17, 15) is 9.59 Å². The van der Waals surface area contributed by atoms with Gasteiger partial charge in [0, 0.05) is 17.8 Å². The lowest BCUT2D eigenvalue weighted by Gasteiger charge is -2.09. The second kappa shape index (κ2) is 9.89. The highest BCUT2D eigenvalue weighted by Crippen LogP contribution is 2.22. The summed E-state index contributed by atoms with van der Waals surface area (Å²) in [5.74, 6) is -0.539. The van der Waals surface area contributed by atoms with Gasteiger partial charge in [-0.1, -0.05) is 42.5 Å². The number of hydrogen-bond acceptors (Lipinski definition) is 5. The Bertz CT molecular complexity index is 996. The number of nitrogens with zero attached hydrogens (tertiary/aromatic N) is 2. The van der Waals surface area contributed by atoms with Crippen molar-refractivity contribution in [1.29, 1.82) is 0 Å². The van der Waals surface area contributed by atoms with Crippen LogP contribution in [0, 0.1) is 0 Å². The van der Waals surface area contributed by atoms with Crippen LogP contribution in [0.1, 0.15) is 11.1 Å². The van der Waals surface area contributed by atoms with Crippen LogP contribution in [-0.4, -0.2) is 35.4 Å². The van der Waals surface area contributed by atoms with Crippen LogP contribution in [0.4, 0.5) is 5.69 Å². The molecule has 148 valence electrons. The molecule has 0 aliphatic rings. The molecular formula is C22H21N3O4. The van der Waals surface area contributed by atoms with Crippen molar-refractivity contribution in [2.24, 2.45) is 0 Å². The summed E-state index contributed by atoms with van der Waals surface area (Å²) in [5.41, 5.74) is 2.40. The second-order valence-electron chi connectivity index (χ2n) is 6.15. The number of nitrogens with one attached hydrogen (secondary N) is 1. The second-order valence-corrected chi connectivity index (χ2v) is 6.15. The van der Waals surface area contributed by atoms with Gasteiger partial charge in [-0.05, 0) is 23.8 Å². The zero-order chi connectivity index (χ0) is 20.5. The predicted octanol–water partition coefficient (Wildman–Crippen LogP) is 3.14. The zero-order valence-corrected chi connectivity index (χ0v) is 15.9. The number of esters is 1. The Hall–Kier alpha value is -3.87. The van der Waals surface area contributed by atoms with Crippen LogP contribution < -0.4 is 10.1 Å². The van der Waals surface area contributed by atoms with Crippen molar-refractivity contribution >= 4 is 23.6 Å². The first kappa shape index (κ1) is 19.9. The summed E-state index contributed by atoms with van der Waals surface area (Å²) in [6, 6.07) is 16.9. The van der Waals surface area contributed by atoms with E-state index in [-0.39, 0.29) is 0 Å². The molecule has 0 atom stereocenters. The summed E-state index contributed by atoms with van der Waals surface area (Å²) in [6.07, 6.45) is 6.33. The molecule has 0 aliphatic heterocycles. The molecule has 0 fully saturated rings. The fourth-order valence-electron chi connectivity index (χ4n) is 2.61. The molecule has 0 saturated heterocycles. The number of methoxy groups -OCH3 is 1. The Balaban J connectivity index is 1.47. The van der Waals surface area contributed by atoms with E-state index >= 15 is 0 Å². The van der Waals surface area contributed by atoms with E-state index in [1.54, 1.807) is 41.2 Å². The minimum Gasteiger partial charge on any atom is -0.495 e. The van der Waals surface area contributed by atoms with Crippen molar-refractivity contribution in [2.45, 2.75) is 6.54 Å². The minimum absolute atomic E-state index is 0.394. The van der Waals surface area contributed by atoms with Gasteiger partial charge in [0.2, 0.25) is 0 Å². The lowest BCUT2D eigenvalue weighted by Crippen LogP contribution is -2.20. The largest absolute Gasteiger partial charge is 0.495 e. The van der Waals surface area contributed by atoms with Gasteiger partial charge in [0.1, 0.15) is 5.75 Å². The van der Waals surface area contributed by atoms with Crippen molar-refractivity contribution in [2.75, 3.05) is 19.0 Å². The number of rotatable bonds is 8. The van der Waals surface area contributed by atoms with Crippen LogP contribution in [0.25, 0.3) is 6.08 Å². The van der Waals surface area contributed by atoms with Crippen LogP contribution in [0.5, 0.6) is 5.75 Å². The van der Waals surface area contributed by atoms with Crippen LogP contribution in [0.2, 0.25) is 0 Å². The van der Waals surface area contributed by atoms with E-state index < -0.39 is 18.5 Å². The van der Waals surface area contributed by atoms with Gasteiger partial charge in [-0.25, -0.2) is 4.79 Å². The number of aromatic nitrogens is 2. The maximum absolute atomic E-state index is 12.0. The smallest absolute Gasteiger partial charge is 0.331 e. The summed E-state index contributed by atoms with van der Waals surface area (Å²) in [4.78, 5) is 23.8. The highest BCUT2D eigenvalue weighted by atomic mass is 16.5. The maximum atomic E-state index is 12.0. The third-order valence-corrected chi connectivity index (χ3v) is 3.98. The average molecular weight is 391 g/mol. The first-order valence-electron chi connectivity index (χ1n) is 8.98. The van der Waals surface area contributed by atoms with E-state index in [1.807, 2.05) is 36.5 Å². The van der Waals surface area contributed by atoms with Crippen molar-refractivity contribution in [3.8, 4) is 5.75 Å². The van der Waals surface area contributed by atoms with Gasteiger partial charge in [0.25, 0.3) is 5.91 Å². The normalized spacial score (nSPS) is 10.7. The molecule has 1 amide bonds. The number of anilines is 1. The lowest BCUT2D eigenvalue weighted by molar-refractivity contribution is -0.142. The van der Waals surface area contributed by atoms with E-state index in [4.69, 9.17) is 9.47 Å². The third-order valence-electron chi connectivity index (χ3n) is 3.98. The average Bonchev–Trinajstić information content (AvgIpc) is 3.19. The van der Waals surface area contributed by atoms with Crippen LogP contribution >= 0.6 is 0 Å². The van der Waals surface area contributed by atoms with E-state index in [2.05, 4.69) is 10.4 Å². The Morgan fingerprint density at radius 2 is 1.86 bits per heavy atom. The Labute approximate surface area is 168 Å². The molecule has 1 aromatic heterocycles. The number of carbonyl (C=O) groups is 2. The summed E-state index contributed by atoms with van der Waals surface area (Å²) in [7, 11) is 1.51. The predicted molar refractivity (Wildman–Crippen MR) is 109 cm³/mol. The lowest BCUT2D eigenvalue weighted by atomic mass is 10.2. The fourth-order valence-corrected chi connectivity index (χ4v) is 2.61. The quantitative estimate of drug-likeness (QED) is 0.471. The molecule has 0 bridgehead atoms. The molecule has 0 radical (unpaired) electrons. The number of benzene rings is 2. The number of hydrogen-bond donors (Lipinski definition) is 1. The Morgan fingerprint density at radius 1 is 1.10 bits per heavy atom. The number of amides is 1. The SMILES string of the molecule is COc1ccccc1NC(=O)COC(=O)/C=C/c1cnn(Cc2ccccc2)c1. The van der Waals surface area contributed by atoms with Crippen LogP contribution in [0.15, 0.2) is 73.1 Å². The number of para-hydroxylation sites is 2. The molecule has 7 nitrogen and oxygen atoms in total. The van der Waals surface area contributed by atoms with Gasteiger partial charge in [0.05, 0.1) is 25.5 Å². The molecule has 1 N–H and O–H groups in total. The molecule has 0 spiro atoms. The van der Waals surface area contributed by atoms with Crippen molar-refractivity contribution in [1.82, 2.24) is 9.78 Å². The highest BCUT2D eigenvalue weighted by Gasteiger charge is 2.09. The summed E-state index contributed by atoms with van der Waals surface area (Å²) in [6.45, 7) is 0.247. The van der Waals surface area contributed by atoms with E-state index in [0.29, 0.717) is 18.0 Å². The number of ether oxygens (including phenoxy) is 2. The molecular weight excluding hydrogens is 370 g/mol. The Kier molecular flexibility index (Phi) is 6.78. The topological polar surface area (TPSA) is 82.4 Å². The standard InChI is InChI=1S/C22H21N3O4/c1-28-20-10-6-5-9-19(20)24-21(26)16-29-22(27)12-11-18-13-23-25(15-18)14-17-7-3-2-4-8-17/h2-13,15H,14,16H2,1H3,(H,24,26)/b12-11+.